The summed E-state index contributed by atoms with van der Waals surface area (Å²) in [7, 11) is 2.13. The molecule has 2 atom stereocenters. The van der Waals surface area contributed by atoms with Gasteiger partial charge < -0.3 is 10.0 Å². The van der Waals surface area contributed by atoms with Crippen molar-refractivity contribution in [2.75, 3.05) is 20.2 Å². The zero-order valence-corrected chi connectivity index (χ0v) is 10.2. The van der Waals surface area contributed by atoms with Gasteiger partial charge in [-0.05, 0) is 36.7 Å². The number of hydrogen-bond acceptors (Lipinski definition) is 2. The Balaban J connectivity index is 2.07. The van der Waals surface area contributed by atoms with Crippen LogP contribution in [0.15, 0.2) is 23.9 Å². The molecule has 0 unspecified atom stereocenters. The lowest BCUT2D eigenvalue weighted by atomic mass is 9.73. The van der Waals surface area contributed by atoms with E-state index in [1.165, 1.54) is 31.3 Å². The van der Waals surface area contributed by atoms with Gasteiger partial charge in [0.25, 0.3) is 0 Å². The summed E-state index contributed by atoms with van der Waals surface area (Å²) in [5.41, 5.74) is 1.48. The van der Waals surface area contributed by atoms with Crippen LogP contribution in [0.2, 0.25) is 0 Å². The predicted octanol–water partition coefficient (Wildman–Crippen LogP) is 2.56. The number of rotatable bonds is 3. The molecule has 1 saturated carbocycles. The highest BCUT2D eigenvalue weighted by Crippen LogP contribution is 2.38. The first-order chi connectivity index (χ1) is 7.81. The second-order valence-electron chi connectivity index (χ2n) is 5.13. The fraction of sp³-hybridized carbons (Fsp3) is 0.714. The lowest BCUT2D eigenvalue weighted by molar-refractivity contribution is 0.194. The van der Waals surface area contributed by atoms with Gasteiger partial charge in [0.1, 0.15) is 0 Å². The van der Waals surface area contributed by atoms with Crippen LogP contribution in [0.4, 0.5) is 0 Å². The molecule has 1 heterocycles. The standard InChI is InChI=1S/C14H23NO/c1-15-9-4-6-13(11-15)14-7-3-2-5-12(14)8-10-16/h4,6,11-12,14,16H,2-3,5,7-10H2,1H3/t12-,14+/m0/s1. The van der Waals surface area contributed by atoms with E-state index < -0.39 is 0 Å². The molecule has 2 nitrogen and oxygen atoms in total. The summed E-state index contributed by atoms with van der Waals surface area (Å²) in [6.07, 6.45) is 13.1. The van der Waals surface area contributed by atoms with Crippen LogP contribution >= 0.6 is 0 Å². The summed E-state index contributed by atoms with van der Waals surface area (Å²) >= 11 is 0. The van der Waals surface area contributed by atoms with Crippen molar-refractivity contribution >= 4 is 0 Å². The molecule has 0 radical (unpaired) electrons. The third kappa shape index (κ3) is 2.67. The Kier molecular flexibility index (Phi) is 4.05. The van der Waals surface area contributed by atoms with Gasteiger partial charge >= 0.3 is 0 Å². The molecule has 1 aliphatic heterocycles. The normalized spacial score (nSPS) is 30.4. The molecule has 90 valence electrons. The molecule has 0 aromatic heterocycles. The first-order valence-electron chi connectivity index (χ1n) is 6.50. The number of hydrogen-bond donors (Lipinski definition) is 1. The summed E-state index contributed by atoms with van der Waals surface area (Å²) in [6.45, 7) is 1.37. The SMILES string of the molecule is CN1C=C([C@@H]2CCCC[C@H]2CCO)C=CC1. The zero-order valence-electron chi connectivity index (χ0n) is 10.2. The Bertz CT molecular complexity index is 280. The molecule has 2 rings (SSSR count). The predicted molar refractivity (Wildman–Crippen MR) is 67.0 cm³/mol. The van der Waals surface area contributed by atoms with Gasteiger partial charge in [0.2, 0.25) is 0 Å². The molecule has 1 aliphatic carbocycles. The minimum Gasteiger partial charge on any atom is -0.396 e. The molecule has 0 aromatic rings. The van der Waals surface area contributed by atoms with Crippen LogP contribution in [-0.2, 0) is 0 Å². The van der Waals surface area contributed by atoms with Crippen LogP contribution in [0.5, 0.6) is 0 Å². The van der Waals surface area contributed by atoms with Crippen molar-refractivity contribution in [3.8, 4) is 0 Å². The van der Waals surface area contributed by atoms with Crippen molar-refractivity contribution in [1.82, 2.24) is 4.90 Å². The zero-order chi connectivity index (χ0) is 11.4. The van der Waals surface area contributed by atoms with Gasteiger partial charge in [0.15, 0.2) is 0 Å². The van der Waals surface area contributed by atoms with Gasteiger partial charge in [-0.1, -0.05) is 25.0 Å². The van der Waals surface area contributed by atoms with E-state index in [0.717, 1.165) is 13.0 Å². The second kappa shape index (κ2) is 5.53. The lowest BCUT2D eigenvalue weighted by Crippen LogP contribution is -2.25. The van der Waals surface area contributed by atoms with Gasteiger partial charge in [-0.2, -0.15) is 0 Å². The van der Waals surface area contributed by atoms with E-state index in [-0.39, 0.29) is 0 Å². The molecule has 0 bridgehead atoms. The molecule has 16 heavy (non-hydrogen) atoms. The van der Waals surface area contributed by atoms with Crippen LogP contribution < -0.4 is 0 Å². The number of nitrogens with zero attached hydrogens (tertiary/aromatic N) is 1. The molecular formula is C14H23NO. The van der Waals surface area contributed by atoms with Crippen LogP contribution in [0.1, 0.15) is 32.1 Å². The maximum atomic E-state index is 9.14. The van der Waals surface area contributed by atoms with Gasteiger partial charge in [0, 0.05) is 26.4 Å². The molecule has 2 aliphatic rings. The lowest BCUT2D eigenvalue weighted by Gasteiger charge is -2.34. The van der Waals surface area contributed by atoms with Crippen LogP contribution in [0.3, 0.4) is 0 Å². The van der Waals surface area contributed by atoms with Crippen LogP contribution in [0.25, 0.3) is 0 Å². The summed E-state index contributed by atoms with van der Waals surface area (Å²) in [5.74, 6) is 1.38. The van der Waals surface area contributed by atoms with E-state index in [2.05, 4.69) is 30.3 Å². The Morgan fingerprint density at radius 3 is 2.94 bits per heavy atom. The largest absolute Gasteiger partial charge is 0.396 e. The van der Waals surface area contributed by atoms with E-state index in [1.807, 2.05) is 0 Å². The van der Waals surface area contributed by atoms with E-state index in [4.69, 9.17) is 5.11 Å². The summed E-state index contributed by atoms with van der Waals surface area (Å²) in [6, 6.07) is 0. The van der Waals surface area contributed by atoms with Crippen molar-refractivity contribution in [3.63, 3.8) is 0 Å². The van der Waals surface area contributed by atoms with Crippen molar-refractivity contribution in [2.45, 2.75) is 32.1 Å². The highest BCUT2D eigenvalue weighted by Gasteiger charge is 2.27. The average molecular weight is 221 g/mol. The van der Waals surface area contributed by atoms with E-state index in [0.29, 0.717) is 18.4 Å². The Morgan fingerprint density at radius 2 is 2.19 bits per heavy atom. The fourth-order valence-electron chi connectivity index (χ4n) is 3.08. The highest BCUT2D eigenvalue weighted by molar-refractivity contribution is 5.25. The van der Waals surface area contributed by atoms with E-state index >= 15 is 0 Å². The first-order valence-corrected chi connectivity index (χ1v) is 6.50. The molecule has 0 aromatic carbocycles. The molecule has 1 N–H and O–H groups in total. The third-order valence-corrected chi connectivity index (χ3v) is 3.91. The number of aliphatic hydroxyl groups is 1. The molecule has 0 spiro atoms. The van der Waals surface area contributed by atoms with Crippen molar-refractivity contribution < 1.29 is 5.11 Å². The summed E-state index contributed by atoms with van der Waals surface area (Å²) in [4.78, 5) is 2.25. The maximum Gasteiger partial charge on any atom is 0.0433 e. The van der Waals surface area contributed by atoms with Crippen molar-refractivity contribution in [2.24, 2.45) is 11.8 Å². The van der Waals surface area contributed by atoms with Crippen LogP contribution in [-0.4, -0.2) is 30.2 Å². The first kappa shape index (κ1) is 11.7. The Hall–Kier alpha value is -0.760. The Morgan fingerprint density at radius 1 is 1.38 bits per heavy atom. The highest BCUT2D eigenvalue weighted by atomic mass is 16.3. The maximum absolute atomic E-state index is 9.14. The summed E-state index contributed by atoms with van der Waals surface area (Å²) < 4.78 is 0. The quantitative estimate of drug-likeness (QED) is 0.791. The number of allylic oxidation sites excluding steroid dienone is 2. The monoisotopic (exact) mass is 221 g/mol. The van der Waals surface area contributed by atoms with Gasteiger partial charge in [-0.25, -0.2) is 0 Å². The Labute approximate surface area is 98.6 Å². The van der Waals surface area contributed by atoms with Crippen molar-refractivity contribution in [3.05, 3.63) is 23.9 Å². The van der Waals surface area contributed by atoms with Crippen molar-refractivity contribution in [1.29, 1.82) is 0 Å². The minimum atomic E-state index is 0.341. The fourth-order valence-corrected chi connectivity index (χ4v) is 3.08. The van der Waals surface area contributed by atoms with Gasteiger partial charge in [0.05, 0.1) is 0 Å². The van der Waals surface area contributed by atoms with E-state index in [1.54, 1.807) is 0 Å². The van der Waals surface area contributed by atoms with Crippen LogP contribution in [0, 0.1) is 11.8 Å². The molecule has 1 fully saturated rings. The number of likely N-dealkylation sites (N-methyl/N-ethyl adjacent to an activating group) is 1. The minimum absolute atomic E-state index is 0.341. The molecule has 2 heteroatoms. The molecule has 0 amide bonds. The third-order valence-electron chi connectivity index (χ3n) is 3.91. The summed E-state index contributed by atoms with van der Waals surface area (Å²) in [5, 5.41) is 9.14. The average Bonchev–Trinajstić information content (AvgIpc) is 2.30. The van der Waals surface area contributed by atoms with Gasteiger partial charge in [-0.3, -0.25) is 0 Å². The van der Waals surface area contributed by atoms with Gasteiger partial charge in [-0.15, -0.1) is 0 Å². The molecular weight excluding hydrogens is 198 g/mol. The second-order valence-corrected chi connectivity index (χ2v) is 5.13. The topological polar surface area (TPSA) is 23.5 Å². The molecule has 0 saturated heterocycles. The number of aliphatic hydroxyl groups excluding tert-OH is 1. The smallest absolute Gasteiger partial charge is 0.0433 e. The van der Waals surface area contributed by atoms with E-state index in [9.17, 15) is 0 Å².